The quantitative estimate of drug-likeness (QED) is 0.547. The topological polar surface area (TPSA) is 64.8 Å². The zero-order chi connectivity index (χ0) is 22.7. The van der Waals surface area contributed by atoms with Crippen LogP contribution in [0.2, 0.25) is 0 Å². The summed E-state index contributed by atoms with van der Waals surface area (Å²) in [5.74, 6) is -0.311. The van der Waals surface area contributed by atoms with Crippen molar-refractivity contribution in [2.45, 2.75) is 39.4 Å². The van der Waals surface area contributed by atoms with E-state index >= 15 is 0 Å². The van der Waals surface area contributed by atoms with Crippen LogP contribution >= 0.6 is 0 Å². The first kappa shape index (κ1) is 21.8. The van der Waals surface area contributed by atoms with Gasteiger partial charge in [-0.1, -0.05) is 17.3 Å². The van der Waals surface area contributed by atoms with Crippen molar-refractivity contribution in [3.8, 4) is 11.5 Å². The van der Waals surface area contributed by atoms with Crippen molar-refractivity contribution >= 4 is 5.91 Å². The Kier molecular flexibility index (Phi) is 6.39. The zero-order valence-corrected chi connectivity index (χ0v) is 17.9. The van der Waals surface area contributed by atoms with E-state index in [1.165, 1.54) is 6.07 Å². The molecule has 2 aromatic carbocycles. The van der Waals surface area contributed by atoms with E-state index in [1.54, 1.807) is 23.1 Å². The van der Waals surface area contributed by atoms with Crippen LogP contribution in [0, 0.1) is 25.5 Å². The second-order valence-corrected chi connectivity index (χ2v) is 7.77. The third kappa shape index (κ3) is 4.74. The Morgan fingerprint density at radius 1 is 1.12 bits per heavy atom. The minimum atomic E-state index is -0.729. The number of amides is 1. The molecule has 0 aliphatic carbocycles. The van der Waals surface area contributed by atoms with Gasteiger partial charge in [0.25, 0.3) is 5.91 Å². The van der Waals surface area contributed by atoms with Crippen LogP contribution in [0.4, 0.5) is 8.78 Å². The van der Waals surface area contributed by atoms with Gasteiger partial charge in [-0.25, -0.2) is 8.78 Å². The molecular weight excluding hydrogens is 418 g/mol. The highest BCUT2D eigenvalue weighted by Gasteiger charge is 2.27. The molecule has 0 unspecified atom stereocenters. The Bertz CT molecular complexity index is 1090. The Labute approximate surface area is 184 Å². The summed E-state index contributed by atoms with van der Waals surface area (Å²) in [5.41, 5.74) is 2.09. The molecule has 0 saturated carbocycles. The van der Waals surface area contributed by atoms with Gasteiger partial charge in [-0.05, 0) is 38.1 Å². The van der Waals surface area contributed by atoms with E-state index in [0.717, 1.165) is 23.4 Å². The van der Waals surface area contributed by atoms with Crippen molar-refractivity contribution in [3.05, 3.63) is 76.7 Å². The molecule has 1 aliphatic rings. The van der Waals surface area contributed by atoms with Crippen molar-refractivity contribution in [1.82, 2.24) is 10.1 Å². The number of ether oxygens (including phenoxy) is 2. The highest BCUT2D eigenvalue weighted by molar-refractivity contribution is 5.97. The summed E-state index contributed by atoms with van der Waals surface area (Å²) in [6.45, 7) is 4.84. The number of carbonyl (C=O) groups excluding carboxylic acids is 1. The predicted molar refractivity (Wildman–Crippen MR) is 113 cm³/mol. The summed E-state index contributed by atoms with van der Waals surface area (Å²) in [7, 11) is 0. The van der Waals surface area contributed by atoms with Gasteiger partial charge in [-0.15, -0.1) is 0 Å². The van der Waals surface area contributed by atoms with Crippen LogP contribution in [0.3, 0.4) is 0 Å². The van der Waals surface area contributed by atoms with Gasteiger partial charge in [-0.2, -0.15) is 0 Å². The summed E-state index contributed by atoms with van der Waals surface area (Å²) in [4.78, 5) is 14.9. The SMILES string of the molecule is Cc1noc(C)c1COc1ccccc1C(=O)N1CCC(Oc2ccc(F)cc2F)CC1. The maximum atomic E-state index is 13.8. The Morgan fingerprint density at radius 3 is 2.56 bits per heavy atom. The number of rotatable bonds is 6. The van der Waals surface area contributed by atoms with Crippen LogP contribution < -0.4 is 9.47 Å². The number of halogens is 2. The average molecular weight is 442 g/mol. The summed E-state index contributed by atoms with van der Waals surface area (Å²) in [6.07, 6.45) is 0.847. The second-order valence-electron chi connectivity index (χ2n) is 7.77. The molecule has 0 bridgehead atoms. The second kappa shape index (κ2) is 9.38. The fourth-order valence-corrected chi connectivity index (χ4v) is 3.72. The first-order chi connectivity index (χ1) is 15.4. The summed E-state index contributed by atoms with van der Waals surface area (Å²) < 4.78 is 43.7. The molecule has 1 aromatic heterocycles. The molecule has 0 spiro atoms. The molecule has 1 saturated heterocycles. The summed E-state index contributed by atoms with van der Waals surface area (Å²) in [6, 6.07) is 10.4. The number of piperidine rings is 1. The number of hydrogen-bond donors (Lipinski definition) is 0. The standard InChI is InChI=1S/C24H24F2N2O4/c1-15-20(16(2)32-27-15)14-30-22-6-4-3-5-19(22)24(29)28-11-9-18(10-12-28)31-23-8-7-17(25)13-21(23)26/h3-8,13,18H,9-12,14H2,1-2H3. The predicted octanol–water partition coefficient (Wildman–Crippen LogP) is 4.83. The molecule has 6 nitrogen and oxygen atoms in total. The lowest BCUT2D eigenvalue weighted by Crippen LogP contribution is -2.42. The molecule has 2 heterocycles. The van der Waals surface area contributed by atoms with Crippen molar-refractivity contribution in [1.29, 1.82) is 0 Å². The fraction of sp³-hybridized carbons (Fsp3) is 0.333. The van der Waals surface area contributed by atoms with E-state index in [-0.39, 0.29) is 24.4 Å². The van der Waals surface area contributed by atoms with Gasteiger partial charge in [0.15, 0.2) is 11.6 Å². The van der Waals surface area contributed by atoms with Crippen molar-refractivity contribution in [2.24, 2.45) is 0 Å². The van der Waals surface area contributed by atoms with Crippen LogP contribution in [0.15, 0.2) is 47.0 Å². The lowest BCUT2D eigenvalue weighted by Gasteiger charge is -2.32. The Hall–Kier alpha value is -3.42. The molecule has 1 fully saturated rings. The number of carbonyl (C=O) groups is 1. The number of likely N-dealkylation sites (tertiary alicyclic amines) is 1. The molecule has 0 atom stereocenters. The summed E-state index contributed by atoms with van der Waals surface area (Å²) >= 11 is 0. The Morgan fingerprint density at radius 2 is 1.88 bits per heavy atom. The average Bonchev–Trinajstić information content (AvgIpc) is 3.11. The van der Waals surface area contributed by atoms with Crippen LogP contribution in [-0.2, 0) is 6.61 Å². The minimum absolute atomic E-state index is 0.0224. The number of hydrogen-bond acceptors (Lipinski definition) is 5. The van der Waals surface area contributed by atoms with E-state index in [4.69, 9.17) is 14.0 Å². The smallest absolute Gasteiger partial charge is 0.257 e. The van der Waals surface area contributed by atoms with Gasteiger partial charge >= 0.3 is 0 Å². The van der Waals surface area contributed by atoms with E-state index in [0.29, 0.717) is 43.0 Å². The normalized spacial score (nSPS) is 14.4. The number of aryl methyl sites for hydroxylation is 2. The molecule has 0 N–H and O–H groups in total. The highest BCUT2D eigenvalue weighted by atomic mass is 19.1. The fourth-order valence-electron chi connectivity index (χ4n) is 3.72. The maximum absolute atomic E-state index is 13.8. The third-order valence-corrected chi connectivity index (χ3v) is 5.59. The summed E-state index contributed by atoms with van der Waals surface area (Å²) in [5, 5.41) is 3.92. The van der Waals surface area contributed by atoms with Gasteiger partial charge in [-0.3, -0.25) is 4.79 Å². The number of nitrogens with zero attached hydrogens (tertiary/aromatic N) is 2. The van der Waals surface area contributed by atoms with E-state index in [9.17, 15) is 13.6 Å². The molecule has 1 aliphatic heterocycles. The van der Waals surface area contributed by atoms with Gasteiger partial charge in [0, 0.05) is 32.0 Å². The van der Waals surface area contributed by atoms with Gasteiger partial charge < -0.3 is 18.9 Å². The van der Waals surface area contributed by atoms with E-state index < -0.39 is 11.6 Å². The van der Waals surface area contributed by atoms with Gasteiger partial charge in [0.1, 0.15) is 30.0 Å². The first-order valence-electron chi connectivity index (χ1n) is 10.5. The van der Waals surface area contributed by atoms with Crippen molar-refractivity contribution in [2.75, 3.05) is 13.1 Å². The lowest BCUT2D eigenvalue weighted by atomic mass is 10.1. The molecule has 0 radical (unpaired) electrons. The van der Waals surface area contributed by atoms with Gasteiger partial charge in [0.2, 0.25) is 0 Å². The molecule has 168 valence electrons. The molecule has 1 amide bonds. The zero-order valence-electron chi connectivity index (χ0n) is 17.9. The van der Waals surface area contributed by atoms with Gasteiger partial charge in [0.05, 0.1) is 16.8 Å². The maximum Gasteiger partial charge on any atom is 0.257 e. The van der Waals surface area contributed by atoms with Crippen molar-refractivity contribution < 1.29 is 27.6 Å². The molecule has 3 aromatic rings. The number of benzene rings is 2. The van der Waals surface area contributed by atoms with Crippen molar-refractivity contribution in [3.63, 3.8) is 0 Å². The largest absolute Gasteiger partial charge is 0.488 e. The van der Waals surface area contributed by atoms with Crippen LogP contribution in [0.25, 0.3) is 0 Å². The lowest BCUT2D eigenvalue weighted by molar-refractivity contribution is 0.0584. The molecule has 4 rings (SSSR count). The first-order valence-corrected chi connectivity index (χ1v) is 10.5. The Balaban J connectivity index is 1.38. The monoisotopic (exact) mass is 442 g/mol. The highest BCUT2D eigenvalue weighted by Crippen LogP contribution is 2.26. The van der Waals surface area contributed by atoms with Crippen LogP contribution in [0.1, 0.15) is 40.2 Å². The van der Waals surface area contributed by atoms with E-state index in [1.807, 2.05) is 19.9 Å². The molecular formula is C24H24F2N2O4. The number of para-hydroxylation sites is 1. The molecule has 32 heavy (non-hydrogen) atoms. The third-order valence-electron chi connectivity index (χ3n) is 5.59. The molecule has 8 heteroatoms. The van der Waals surface area contributed by atoms with Crippen LogP contribution in [-0.4, -0.2) is 35.2 Å². The minimum Gasteiger partial charge on any atom is -0.488 e. The van der Waals surface area contributed by atoms with E-state index in [2.05, 4.69) is 5.16 Å². The van der Waals surface area contributed by atoms with Crippen LogP contribution in [0.5, 0.6) is 11.5 Å². The number of aromatic nitrogens is 1.